The zero-order chi connectivity index (χ0) is 20.6. The molecule has 5 nitrogen and oxygen atoms in total. The molecule has 0 heterocycles. The average Bonchev–Trinajstić information content (AvgIpc) is 2.69. The van der Waals surface area contributed by atoms with Gasteiger partial charge in [-0.3, -0.25) is 0 Å². The molecule has 0 fully saturated rings. The molecule has 4 atom stereocenters. The highest BCUT2D eigenvalue weighted by molar-refractivity contribution is 5.57. The summed E-state index contributed by atoms with van der Waals surface area (Å²) in [6.07, 6.45) is -13.6. The van der Waals surface area contributed by atoms with Gasteiger partial charge in [-0.15, -0.1) is 0 Å². The Hall–Kier alpha value is -2.26. The van der Waals surface area contributed by atoms with Crippen LogP contribution < -0.4 is 0 Å². The van der Waals surface area contributed by atoms with Crippen LogP contribution in [-0.2, 0) is 27.5 Å². The lowest BCUT2D eigenvalue weighted by molar-refractivity contribution is -0.258. The van der Waals surface area contributed by atoms with E-state index in [0.717, 1.165) is 0 Å². The number of ether oxygens (including phenoxy) is 2. The molecule has 0 amide bonds. The predicted octanol–water partition coefficient (Wildman–Crippen LogP) is 2.64. The summed E-state index contributed by atoms with van der Waals surface area (Å²) >= 11 is 0. The number of aliphatic hydroxyl groups is 2. The molecular formula is C20H21F3O5. The molecule has 2 aromatic rings. The maximum absolute atomic E-state index is 13.0. The normalized spacial score (nSPS) is 16.2. The Morgan fingerprint density at radius 1 is 0.857 bits per heavy atom. The lowest BCUT2D eigenvalue weighted by Crippen LogP contribution is -2.52. The Labute approximate surface area is 160 Å². The summed E-state index contributed by atoms with van der Waals surface area (Å²) in [6.45, 7) is -0.394. The van der Waals surface area contributed by atoms with Crippen molar-refractivity contribution in [1.29, 1.82) is 0 Å². The number of hydrogen-bond donors (Lipinski definition) is 2. The molecule has 2 aromatic carbocycles. The third kappa shape index (κ3) is 6.42. The van der Waals surface area contributed by atoms with E-state index in [-0.39, 0.29) is 19.5 Å². The van der Waals surface area contributed by atoms with Crippen molar-refractivity contribution in [2.24, 2.45) is 0 Å². The molecule has 8 heteroatoms. The van der Waals surface area contributed by atoms with Gasteiger partial charge >= 0.3 is 6.18 Å². The molecule has 2 N–H and O–H groups in total. The minimum Gasteiger partial charge on any atom is -0.387 e. The first-order valence-corrected chi connectivity index (χ1v) is 8.52. The number of carbonyl (C=O) groups excluding carboxylic acids is 1. The van der Waals surface area contributed by atoms with Crippen molar-refractivity contribution in [3.05, 3.63) is 71.8 Å². The van der Waals surface area contributed by atoms with E-state index < -0.39 is 30.6 Å². The van der Waals surface area contributed by atoms with Crippen LogP contribution in [0, 0.1) is 0 Å². The van der Waals surface area contributed by atoms with E-state index in [1.807, 2.05) is 0 Å². The molecule has 0 radical (unpaired) electrons. The molecule has 0 unspecified atom stereocenters. The highest BCUT2D eigenvalue weighted by Crippen LogP contribution is 2.27. The molecular weight excluding hydrogens is 377 g/mol. The fraction of sp³-hybridized carbons (Fsp3) is 0.350. The molecule has 0 saturated carbocycles. The van der Waals surface area contributed by atoms with Gasteiger partial charge in [-0.1, -0.05) is 60.7 Å². The summed E-state index contributed by atoms with van der Waals surface area (Å²) in [6, 6.07) is 16.9. The second-order valence-corrected chi connectivity index (χ2v) is 6.14. The van der Waals surface area contributed by atoms with E-state index in [0.29, 0.717) is 11.1 Å². The molecule has 28 heavy (non-hydrogen) atoms. The standard InChI is InChI=1S/C20H21F3O5/c21-20(22,23)19(26)18(28-13-15-9-5-2-6-10-15)17(25)16(11-24)27-12-14-7-3-1-4-8-14/h1-11,16-19,25-26H,12-13H2/t16-,17+,18+,19-/m1/s1. The van der Waals surface area contributed by atoms with Gasteiger partial charge in [-0.05, 0) is 11.1 Å². The number of rotatable bonds is 10. The van der Waals surface area contributed by atoms with Gasteiger partial charge < -0.3 is 24.5 Å². The number of benzene rings is 2. The molecule has 152 valence electrons. The van der Waals surface area contributed by atoms with Crippen LogP contribution in [0.2, 0.25) is 0 Å². The fourth-order valence-electron chi connectivity index (χ4n) is 2.50. The topological polar surface area (TPSA) is 76.0 Å². The monoisotopic (exact) mass is 398 g/mol. The Morgan fingerprint density at radius 3 is 1.75 bits per heavy atom. The van der Waals surface area contributed by atoms with Gasteiger partial charge in [-0.25, -0.2) is 0 Å². The lowest BCUT2D eigenvalue weighted by atomic mass is 10.0. The molecule has 0 spiro atoms. The van der Waals surface area contributed by atoms with Crippen LogP contribution in [0.25, 0.3) is 0 Å². The molecule has 0 aliphatic rings. The Bertz CT molecular complexity index is 709. The zero-order valence-electron chi connectivity index (χ0n) is 14.8. The van der Waals surface area contributed by atoms with Crippen LogP contribution >= 0.6 is 0 Å². The maximum Gasteiger partial charge on any atom is 0.417 e. The van der Waals surface area contributed by atoms with Gasteiger partial charge in [0, 0.05) is 0 Å². The number of aldehydes is 1. The van der Waals surface area contributed by atoms with Crippen LogP contribution in [0.4, 0.5) is 13.2 Å². The second-order valence-electron chi connectivity index (χ2n) is 6.14. The van der Waals surface area contributed by atoms with Gasteiger partial charge in [-0.2, -0.15) is 13.2 Å². The van der Waals surface area contributed by atoms with Gasteiger partial charge in [0.1, 0.15) is 18.3 Å². The number of alkyl halides is 3. The van der Waals surface area contributed by atoms with Crippen molar-refractivity contribution in [3.63, 3.8) is 0 Å². The van der Waals surface area contributed by atoms with Crippen LogP contribution in [0.1, 0.15) is 11.1 Å². The molecule has 0 bridgehead atoms. The van der Waals surface area contributed by atoms with Crippen molar-refractivity contribution in [1.82, 2.24) is 0 Å². The lowest BCUT2D eigenvalue weighted by Gasteiger charge is -2.31. The number of halogens is 3. The van der Waals surface area contributed by atoms with Gasteiger partial charge in [0.2, 0.25) is 0 Å². The second kappa shape index (κ2) is 10.3. The first kappa shape index (κ1) is 22.0. The van der Waals surface area contributed by atoms with Gasteiger partial charge in [0.25, 0.3) is 0 Å². The van der Waals surface area contributed by atoms with Crippen LogP contribution in [0.3, 0.4) is 0 Å². The van der Waals surface area contributed by atoms with E-state index >= 15 is 0 Å². The third-order valence-electron chi connectivity index (χ3n) is 4.02. The summed E-state index contributed by atoms with van der Waals surface area (Å²) in [4.78, 5) is 11.3. The Morgan fingerprint density at radius 2 is 1.32 bits per heavy atom. The molecule has 2 rings (SSSR count). The number of hydrogen-bond acceptors (Lipinski definition) is 5. The molecule has 0 aliphatic heterocycles. The summed E-state index contributed by atoms with van der Waals surface area (Å²) < 4.78 is 49.5. The van der Waals surface area contributed by atoms with Crippen molar-refractivity contribution in [2.75, 3.05) is 0 Å². The van der Waals surface area contributed by atoms with E-state index in [4.69, 9.17) is 9.47 Å². The Kier molecular flexibility index (Phi) is 8.13. The summed E-state index contributed by atoms with van der Waals surface area (Å²) in [7, 11) is 0. The number of carbonyl (C=O) groups is 1. The summed E-state index contributed by atoms with van der Waals surface area (Å²) in [5.74, 6) is 0. The van der Waals surface area contributed by atoms with E-state index in [9.17, 15) is 28.2 Å². The quantitative estimate of drug-likeness (QED) is 0.602. The minimum atomic E-state index is -5.05. The van der Waals surface area contributed by atoms with Crippen LogP contribution in [0.15, 0.2) is 60.7 Å². The van der Waals surface area contributed by atoms with E-state index in [1.54, 1.807) is 60.7 Å². The van der Waals surface area contributed by atoms with Crippen molar-refractivity contribution in [3.8, 4) is 0 Å². The van der Waals surface area contributed by atoms with Gasteiger partial charge in [0.15, 0.2) is 12.4 Å². The summed E-state index contributed by atoms with van der Waals surface area (Å²) in [5.41, 5.74) is 1.21. The summed E-state index contributed by atoms with van der Waals surface area (Å²) in [5, 5.41) is 20.0. The molecule has 0 aromatic heterocycles. The number of aliphatic hydroxyl groups excluding tert-OH is 2. The first-order chi connectivity index (χ1) is 13.3. The van der Waals surface area contributed by atoms with Crippen molar-refractivity contribution in [2.45, 2.75) is 43.8 Å². The fourth-order valence-corrected chi connectivity index (χ4v) is 2.50. The van der Waals surface area contributed by atoms with Crippen molar-refractivity contribution < 1.29 is 37.7 Å². The zero-order valence-corrected chi connectivity index (χ0v) is 14.8. The molecule has 0 saturated heterocycles. The predicted molar refractivity (Wildman–Crippen MR) is 94.2 cm³/mol. The van der Waals surface area contributed by atoms with E-state index in [2.05, 4.69) is 0 Å². The van der Waals surface area contributed by atoms with Crippen LogP contribution in [0.5, 0.6) is 0 Å². The minimum absolute atomic E-state index is 0.102. The first-order valence-electron chi connectivity index (χ1n) is 8.52. The smallest absolute Gasteiger partial charge is 0.387 e. The van der Waals surface area contributed by atoms with Crippen LogP contribution in [-0.4, -0.2) is 47.1 Å². The maximum atomic E-state index is 13.0. The SMILES string of the molecule is O=C[C@@H](OCc1ccccc1)[C@H](O)[C@H](OCc1ccccc1)[C@@H](O)C(F)(F)F. The third-order valence-corrected chi connectivity index (χ3v) is 4.02. The molecule has 0 aliphatic carbocycles. The Balaban J connectivity index is 2.10. The van der Waals surface area contributed by atoms with E-state index in [1.165, 1.54) is 0 Å². The average molecular weight is 398 g/mol. The largest absolute Gasteiger partial charge is 0.417 e. The van der Waals surface area contributed by atoms with Crippen molar-refractivity contribution >= 4 is 6.29 Å². The highest BCUT2D eigenvalue weighted by Gasteiger charge is 2.48. The highest BCUT2D eigenvalue weighted by atomic mass is 19.4. The van der Waals surface area contributed by atoms with Gasteiger partial charge in [0.05, 0.1) is 13.2 Å².